The van der Waals surface area contributed by atoms with Crippen molar-refractivity contribution in [3.63, 3.8) is 0 Å². The Labute approximate surface area is 125 Å². The van der Waals surface area contributed by atoms with Gasteiger partial charge >= 0.3 is 0 Å². The highest BCUT2D eigenvalue weighted by Crippen LogP contribution is 2.24. The fourth-order valence-corrected chi connectivity index (χ4v) is 2.11. The quantitative estimate of drug-likeness (QED) is 0.840. The van der Waals surface area contributed by atoms with Crippen LogP contribution in [0, 0.1) is 0 Å². The molecule has 104 valence electrons. The van der Waals surface area contributed by atoms with Crippen molar-refractivity contribution >= 4 is 27.5 Å². The van der Waals surface area contributed by atoms with Crippen molar-refractivity contribution in [3.8, 4) is 11.5 Å². The first-order chi connectivity index (χ1) is 9.63. The van der Waals surface area contributed by atoms with Gasteiger partial charge in [0.05, 0.1) is 12.7 Å². The first kappa shape index (κ1) is 14.4. The van der Waals surface area contributed by atoms with Crippen LogP contribution in [0.15, 0.2) is 42.5 Å². The molecule has 4 nitrogen and oxygen atoms in total. The highest BCUT2D eigenvalue weighted by Gasteiger charge is 2.12. The van der Waals surface area contributed by atoms with Gasteiger partial charge in [-0.3, -0.25) is 4.79 Å². The van der Waals surface area contributed by atoms with Gasteiger partial charge < -0.3 is 15.2 Å². The summed E-state index contributed by atoms with van der Waals surface area (Å²) in [7, 11) is 1.50. The zero-order valence-corrected chi connectivity index (χ0v) is 12.5. The first-order valence-electron chi connectivity index (χ1n) is 5.97. The lowest BCUT2D eigenvalue weighted by molar-refractivity contribution is 0.102. The molecule has 0 spiro atoms. The van der Waals surface area contributed by atoms with Crippen molar-refractivity contribution in [1.29, 1.82) is 0 Å². The van der Waals surface area contributed by atoms with Gasteiger partial charge in [0.25, 0.3) is 5.91 Å². The van der Waals surface area contributed by atoms with Gasteiger partial charge in [-0.15, -0.1) is 0 Å². The van der Waals surface area contributed by atoms with Crippen LogP contribution in [0.25, 0.3) is 0 Å². The zero-order chi connectivity index (χ0) is 14.5. The number of phenolic OH excluding ortho intramolecular Hbond substituents is 1. The topological polar surface area (TPSA) is 58.6 Å². The van der Waals surface area contributed by atoms with Gasteiger partial charge in [-0.1, -0.05) is 28.1 Å². The summed E-state index contributed by atoms with van der Waals surface area (Å²) in [5, 5.41) is 13.3. The van der Waals surface area contributed by atoms with Crippen LogP contribution >= 0.6 is 15.9 Å². The maximum Gasteiger partial charge on any atom is 0.259 e. The van der Waals surface area contributed by atoms with Gasteiger partial charge in [-0.05, 0) is 29.8 Å². The molecule has 0 saturated carbocycles. The summed E-state index contributed by atoms with van der Waals surface area (Å²) in [6.45, 7) is 0. The highest BCUT2D eigenvalue weighted by molar-refractivity contribution is 9.08. The lowest BCUT2D eigenvalue weighted by atomic mass is 10.1. The Morgan fingerprint density at radius 1 is 1.30 bits per heavy atom. The fraction of sp³-hybridized carbons (Fsp3) is 0.133. The summed E-state index contributed by atoms with van der Waals surface area (Å²) in [4.78, 5) is 12.1. The Hall–Kier alpha value is -2.01. The zero-order valence-electron chi connectivity index (χ0n) is 10.9. The molecule has 0 unspecified atom stereocenters. The number of rotatable bonds is 4. The maximum absolute atomic E-state index is 12.1. The van der Waals surface area contributed by atoms with Crippen molar-refractivity contribution in [2.45, 2.75) is 5.33 Å². The number of nitrogens with one attached hydrogen (secondary N) is 1. The van der Waals surface area contributed by atoms with Gasteiger partial charge in [-0.25, -0.2) is 0 Å². The maximum atomic E-state index is 12.1. The van der Waals surface area contributed by atoms with Gasteiger partial charge in [0.15, 0.2) is 0 Å². The Bertz CT molecular complexity index is 628. The third-order valence-electron chi connectivity index (χ3n) is 2.79. The second kappa shape index (κ2) is 6.43. The molecule has 0 aromatic heterocycles. The van der Waals surface area contributed by atoms with E-state index in [1.807, 2.05) is 18.2 Å². The fourth-order valence-electron chi connectivity index (χ4n) is 1.76. The van der Waals surface area contributed by atoms with Crippen LogP contribution in [0.4, 0.5) is 5.69 Å². The number of alkyl halides is 1. The molecule has 0 aliphatic heterocycles. The lowest BCUT2D eigenvalue weighted by Crippen LogP contribution is -2.12. The second-order valence-electron chi connectivity index (χ2n) is 4.17. The molecule has 0 atom stereocenters. The van der Waals surface area contributed by atoms with Crippen molar-refractivity contribution in [2.75, 3.05) is 12.4 Å². The Balaban J connectivity index is 2.19. The average molecular weight is 336 g/mol. The third-order valence-corrected chi connectivity index (χ3v) is 3.44. The van der Waals surface area contributed by atoms with E-state index in [1.165, 1.54) is 19.2 Å². The highest BCUT2D eigenvalue weighted by atomic mass is 79.9. The number of methoxy groups -OCH3 is 1. The van der Waals surface area contributed by atoms with E-state index in [0.717, 1.165) is 5.56 Å². The first-order valence-corrected chi connectivity index (χ1v) is 7.09. The largest absolute Gasteiger partial charge is 0.507 e. The van der Waals surface area contributed by atoms with Crippen LogP contribution in [-0.2, 0) is 5.33 Å². The molecule has 2 N–H and O–H groups in total. The number of aromatic hydroxyl groups is 1. The summed E-state index contributed by atoms with van der Waals surface area (Å²) in [5.74, 6) is 0.0238. The molecule has 0 aliphatic rings. The van der Waals surface area contributed by atoms with E-state index in [1.54, 1.807) is 12.1 Å². The minimum atomic E-state index is -0.364. The Kier molecular flexibility index (Phi) is 4.63. The molecule has 0 fully saturated rings. The summed E-state index contributed by atoms with van der Waals surface area (Å²) >= 11 is 3.36. The van der Waals surface area contributed by atoms with Crippen LogP contribution in [0.2, 0.25) is 0 Å². The van der Waals surface area contributed by atoms with Gasteiger partial charge in [0, 0.05) is 17.1 Å². The van der Waals surface area contributed by atoms with Crippen LogP contribution in [0.3, 0.4) is 0 Å². The van der Waals surface area contributed by atoms with E-state index in [-0.39, 0.29) is 17.2 Å². The molecule has 0 heterocycles. The second-order valence-corrected chi connectivity index (χ2v) is 4.73. The molecule has 20 heavy (non-hydrogen) atoms. The van der Waals surface area contributed by atoms with E-state index >= 15 is 0 Å². The van der Waals surface area contributed by atoms with E-state index in [2.05, 4.69) is 21.2 Å². The summed E-state index contributed by atoms with van der Waals surface area (Å²) in [6, 6.07) is 12.0. The average Bonchev–Trinajstić information content (AvgIpc) is 2.47. The van der Waals surface area contributed by atoms with E-state index in [4.69, 9.17) is 4.74 Å². The monoisotopic (exact) mass is 335 g/mol. The molecule has 2 rings (SSSR count). The van der Waals surface area contributed by atoms with Crippen LogP contribution in [0.1, 0.15) is 15.9 Å². The number of phenols is 1. The number of ether oxygens (including phenoxy) is 1. The number of carbonyl (C=O) groups excluding carboxylic acids is 1. The van der Waals surface area contributed by atoms with Crippen LogP contribution < -0.4 is 10.1 Å². The molecule has 0 bridgehead atoms. The minimum Gasteiger partial charge on any atom is -0.507 e. The predicted molar refractivity (Wildman–Crippen MR) is 81.7 cm³/mol. The van der Waals surface area contributed by atoms with Crippen LogP contribution in [-0.4, -0.2) is 18.1 Å². The van der Waals surface area contributed by atoms with E-state index in [0.29, 0.717) is 16.8 Å². The predicted octanol–water partition coefficient (Wildman–Crippen LogP) is 3.55. The minimum absolute atomic E-state index is 0.113. The number of amides is 1. The number of halogens is 1. The number of carbonyl (C=O) groups is 1. The number of anilines is 1. The van der Waals surface area contributed by atoms with Crippen molar-refractivity contribution in [1.82, 2.24) is 0 Å². The summed E-state index contributed by atoms with van der Waals surface area (Å²) in [6.07, 6.45) is 0. The van der Waals surface area contributed by atoms with Crippen molar-refractivity contribution in [3.05, 3.63) is 53.6 Å². The normalized spacial score (nSPS) is 10.1. The van der Waals surface area contributed by atoms with Crippen molar-refractivity contribution < 1.29 is 14.6 Å². The molecular formula is C15H14BrNO3. The third kappa shape index (κ3) is 3.30. The lowest BCUT2D eigenvalue weighted by Gasteiger charge is -2.09. The number of hydrogen-bond donors (Lipinski definition) is 2. The molecule has 0 aliphatic carbocycles. The molecule has 2 aromatic rings. The molecule has 1 amide bonds. The molecular weight excluding hydrogens is 322 g/mol. The molecule has 5 heteroatoms. The van der Waals surface area contributed by atoms with E-state index < -0.39 is 0 Å². The SMILES string of the molecule is COc1ccc(C(=O)Nc2cccc(CBr)c2)c(O)c1. The Morgan fingerprint density at radius 2 is 2.10 bits per heavy atom. The number of benzene rings is 2. The van der Waals surface area contributed by atoms with Gasteiger partial charge in [0.2, 0.25) is 0 Å². The van der Waals surface area contributed by atoms with E-state index in [9.17, 15) is 9.90 Å². The standard InChI is InChI=1S/C15H14BrNO3/c1-20-12-5-6-13(14(18)8-12)15(19)17-11-4-2-3-10(7-11)9-16/h2-8,18H,9H2,1H3,(H,17,19). The Morgan fingerprint density at radius 3 is 2.75 bits per heavy atom. The number of hydrogen-bond acceptors (Lipinski definition) is 3. The smallest absolute Gasteiger partial charge is 0.259 e. The molecule has 0 saturated heterocycles. The molecule has 2 aromatic carbocycles. The van der Waals surface area contributed by atoms with Crippen molar-refractivity contribution in [2.24, 2.45) is 0 Å². The summed E-state index contributed by atoms with van der Waals surface area (Å²) < 4.78 is 4.98. The summed E-state index contributed by atoms with van der Waals surface area (Å²) in [5.41, 5.74) is 1.94. The van der Waals surface area contributed by atoms with Crippen LogP contribution in [0.5, 0.6) is 11.5 Å². The van der Waals surface area contributed by atoms with Gasteiger partial charge in [0.1, 0.15) is 11.5 Å². The molecule has 0 radical (unpaired) electrons. The van der Waals surface area contributed by atoms with Gasteiger partial charge in [-0.2, -0.15) is 0 Å².